The van der Waals surface area contributed by atoms with Gasteiger partial charge >= 0.3 is 23.9 Å². The van der Waals surface area contributed by atoms with Gasteiger partial charge in [0.15, 0.2) is 6.36 Å². The maximum atomic E-state index is 13.1. The van der Waals surface area contributed by atoms with Crippen LogP contribution in [0.15, 0.2) is 0 Å². The van der Waals surface area contributed by atoms with Crippen molar-refractivity contribution in [3.63, 3.8) is 0 Å². The van der Waals surface area contributed by atoms with Crippen molar-refractivity contribution in [1.29, 1.82) is 0 Å². The summed E-state index contributed by atoms with van der Waals surface area (Å²) in [5, 5.41) is 0. The van der Waals surface area contributed by atoms with Crippen molar-refractivity contribution in [2.24, 2.45) is 0 Å². The van der Waals surface area contributed by atoms with Gasteiger partial charge in [0.25, 0.3) is 0 Å². The van der Waals surface area contributed by atoms with Gasteiger partial charge in [0.1, 0.15) is 6.10 Å². The van der Waals surface area contributed by atoms with Crippen LogP contribution in [0.2, 0.25) is 0 Å². The van der Waals surface area contributed by atoms with Gasteiger partial charge in [-0.15, -0.1) is 0 Å². The summed E-state index contributed by atoms with van der Waals surface area (Å²) < 4.78 is 128. The summed E-state index contributed by atoms with van der Waals surface area (Å²) >= 11 is 0. The Bertz CT molecular complexity index is 335. The summed E-state index contributed by atoms with van der Waals surface area (Å²) in [4.78, 5) is 0. The van der Waals surface area contributed by atoms with Crippen LogP contribution in [0.4, 0.5) is 43.9 Å². The van der Waals surface area contributed by atoms with E-state index in [1.54, 1.807) is 0 Å². The number of hydrogen-bond donors (Lipinski definition) is 0. The predicted octanol–water partition coefficient (Wildman–Crippen LogP) is 3.93. The van der Waals surface area contributed by atoms with Crippen LogP contribution in [0.25, 0.3) is 0 Å². The monoisotopic (exact) mass is 308 g/mol. The van der Waals surface area contributed by atoms with E-state index in [4.69, 9.17) is 0 Å². The Hall–Kier alpha value is -0.740. The molecular formula is C8H6F10O. The summed E-state index contributed by atoms with van der Waals surface area (Å²) in [6.07, 6.45) is -14.2. The van der Waals surface area contributed by atoms with Gasteiger partial charge in [0.2, 0.25) is 0 Å². The fourth-order valence-corrected chi connectivity index (χ4v) is 1.45. The second-order valence-electron chi connectivity index (χ2n) is 3.88. The molecule has 1 heterocycles. The van der Waals surface area contributed by atoms with Gasteiger partial charge in [-0.3, -0.25) is 0 Å². The lowest BCUT2D eigenvalue weighted by molar-refractivity contribution is -0.407. The molecule has 1 nitrogen and oxygen atoms in total. The van der Waals surface area contributed by atoms with Crippen molar-refractivity contribution >= 4 is 0 Å². The van der Waals surface area contributed by atoms with Crippen molar-refractivity contribution in [1.82, 2.24) is 0 Å². The molecule has 0 aromatic carbocycles. The molecule has 0 saturated carbocycles. The molecule has 2 unspecified atom stereocenters. The lowest BCUT2D eigenvalue weighted by Crippen LogP contribution is -2.64. The number of halogens is 10. The summed E-state index contributed by atoms with van der Waals surface area (Å²) in [7, 11) is 0. The molecular weight excluding hydrogens is 302 g/mol. The lowest BCUT2D eigenvalue weighted by atomic mass is 9.97. The normalized spacial score (nSPS) is 26.8. The van der Waals surface area contributed by atoms with E-state index < -0.39 is 49.2 Å². The van der Waals surface area contributed by atoms with E-state index in [1.165, 1.54) is 0 Å². The second-order valence-corrected chi connectivity index (χ2v) is 3.88. The van der Waals surface area contributed by atoms with Crippen LogP contribution < -0.4 is 0 Å². The van der Waals surface area contributed by atoms with Gasteiger partial charge < -0.3 is 4.74 Å². The topological polar surface area (TPSA) is 9.23 Å². The minimum absolute atomic E-state index is 0.798. The molecule has 0 amide bonds. The maximum Gasteiger partial charge on any atom is 0.460 e. The zero-order valence-electron chi connectivity index (χ0n) is 8.76. The van der Waals surface area contributed by atoms with Gasteiger partial charge in [-0.2, -0.15) is 39.5 Å². The maximum absolute atomic E-state index is 13.1. The van der Waals surface area contributed by atoms with E-state index >= 15 is 0 Å². The van der Waals surface area contributed by atoms with Gasteiger partial charge in [-0.05, 0) is 6.42 Å². The Balaban J connectivity index is 3.11. The molecule has 1 aliphatic rings. The summed E-state index contributed by atoms with van der Waals surface area (Å²) in [5.41, 5.74) is 0. The van der Waals surface area contributed by atoms with Crippen molar-refractivity contribution < 1.29 is 48.6 Å². The first-order valence-corrected chi connectivity index (χ1v) is 4.75. The van der Waals surface area contributed by atoms with Crippen LogP contribution in [-0.4, -0.2) is 36.4 Å². The molecule has 2 atom stereocenters. The summed E-state index contributed by atoms with van der Waals surface area (Å²) in [6, 6.07) is 0. The van der Waals surface area contributed by atoms with Crippen LogP contribution in [0.1, 0.15) is 12.8 Å². The summed E-state index contributed by atoms with van der Waals surface area (Å²) in [6.45, 7) is 0. The molecule has 11 heteroatoms. The van der Waals surface area contributed by atoms with Gasteiger partial charge in [0, 0.05) is 6.42 Å². The molecule has 0 N–H and O–H groups in total. The molecule has 19 heavy (non-hydrogen) atoms. The minimum atomic E-state index is -6.97. The third kappa shape index (κ3) is 2.36. The molecule has 1 aliphatic heterocycles. The predicted molar refractivity (Wildman–Crippen MR) is 39.9 cm³/mol. The first-order chi connectivity index (χ1) is 8.25. The van der Waals surface area contributed by atoms with Crippen LogP contribution in [0, 0.1) is 0 Å². The highest BCUT2D eigenvalue weighted by molar-refractivity contribution is 5.04. The van der Waals surface area contributed by atoms with E-state index in [0.717, 1.165) is 0 Å². The molecule has 1 saturated heterocycles. The van der Waals surface area contributed by atoms with Crippen molar-refractivity contribution in [3.05, 3.63) is 0 Å². The zero-order valence-corrected chi connectivity index (χ0v) is 8.76. The second kappa shape index (κ2) is 4.38. The van der Waals surface area contributed by atoms with E-state index in [2.05, 4.69) is 4.74 Å². The molecule has 114 valence electrons. The molecule has 0 aliphatic carbocycles. The highest BCUT2D eigenvalue weighted by atomic mass is 19.4. The smallest absolute Gasteiger partial charge is 0.338 e. The highest BCUT2D eigenvalue weighted by Gasteiger charge is 2.83. The molecule has 1 fully saturated rings. The van der Waals surface area contributed by atoms with Crippen LogP contribution in [-0.2, 0) is 4.74 Å². The van der Waals surface area contributed by atoms with Crippen molar-refractivity contribution in [2.45, 2.75) is 49.2 Å². The Morgan fingerprint density at radius 3 is 1.53 bits per heavy atom. The molecule has 0 radical (unpaired) electrons. The van der Waals surface area contributed by atoms with E-state index in [9.17, 15) is 43.9 Å². The highest BCUT2D eigenvalue weighted by Crippen LogP contribution is 2.55. The Labute approximate surface area is 99.1 Å². The first kappa shape index (κ1) is 16.3. The van der Waals surface area contributed by atoms with Gasteiger partial charge in [-0.1, -0.05) is 0 Å². The van der Waals surface area contributed by atoms with Crippen molar-refractivity contribution in [3.8, 4) is 0 Å². The van der Waals surface area contributed by atoms with E-state index in [0.29, 0.717) is 0 Å². The van der Waals surface area contributed by atoms with Crippen LogP contribution >= 0.6 is 0 Å². The molecule has 0 aromatic heterocycles. The third-order valence-corrected chi connectivity index (χ3v) is 2.54. The number of alkyl halides is 10. The zero-order chi connectivity index (χ0) is 15.3. The Morgan fingerprint density at radius 2 is 1.21 bits per heavy atom. The number of ether oxygens (including phenoxy) is 1. The molecule has 1 rings (SSSR count). The lowest BCUT2D eigenvalue weighted by Gasteiger charge is -2.35. The van der Waals surface area contributed by atoms with Gasteiger partial charge in [0.05, 0.1) is 0 Å². The largest absolute Gasteiger partial charge is 0.460 e. The molecule has 0 bridgehead atoms. The van der Waals surface area contributed by atoms with Crippen LogP contribution in [0.5, 0.6) is 0 Å². The number of rotatable bonds is 3. The van der Waals surface area contributed by atoms with E-state index in [1.807, 2.05) is 0 Å². The standard InChI is InChI=1S/C8H6F10O/c9-4-2-1-3(19-4)5(10,11)6(12,13)7(14,15)8(16,17)18/h3-4H,1-2H2. The minimum Gasteiger partial charge on any atom is -0.338 e. The number of hydrogen-bond acceptors (Lipinski definition) is 1. The molecule has 0 spiro atoms. The van der Waals surface area contributed by atoms with Gasteiger partial charge in [-0.25, -0.2) is 4.39 Å². The average Bonchev–Trinajstić information content (AvgIpc) is 2.63. The van der Waals surface area contributed by atoms with E-state index in [-0.39, 0.29) is 0 Å². The third-order valence-electron chi connectivity index (χ3n) is 2.54. The fraction of sp³-hybridized carbons (Fsp3) is 1.00. The average molecular weight is 308 g/mol. The Kier molecular flexibility index (Phi) is 3.77. The van der Waals surface area contributed by atoms with Crippen molar-refractivity contribution in [2.75, 3.05) is 0 Å². The van der Waals surface area contributed by atoms with Crippen LogP contribution in [0.3, 0.4) is 0 Å². The fourth-order valence-electron chi connectivity index (χ4n) is 1.45. The quantitative estimate of drug-likeness (QED) is 0.718. The SMILES string of the molecule is FC1CCC(C(F)(F)C(F)(F)C(F)(F)C(F)(F)F)O1. The molecule has 0 aromatic rings. The first-order valence-electron chi connectivity index (χ1n) is 4.75. The summed E-state index contributed by atoms with van der Waals surface area (Å²) in [5.74, 6) is -19.6. The Morgan fingerprint density at radius 1 is 0.737 bits per heavy atom.